The van der Waals surface area contributed by atoms with Crippen LogP contribution in [0.15, 0.2) is 48.8 Å². The first-order valence-corrected chi connectivity index (χ1v) is 8.46. The minimum Gasteiger partial charge on any atom is -0.361 e. The van der Waals surface area contributed by atoms with Crippen LogP contribution in [0.5, 0.6) is 0 Å². The third-order valence-corrected chi connectivity index (χ3v) is 4.98. The van der Waals surface area contributed by atoms with E-state index >= 15 is 0 Å². The molecule has 0 aliphatic rings. The van der Waals surface area contributed by atoms with Crippen molar-refractivity contribution < 1.29 is 0 Å². The maximum absolute atomic E-state index is 6.20. The molecule has 0 bridgehead atoms. The zero-order valence-corrected chi connectivity index (χ0v) is 14.2. The van der Waals surface area contributed by atoms with E-state index in [-0.39, 0.29) is 5.92 Å². The predicted molar refractivity (Wildman–Crippen MR) is 98.8 cm³/mol. The number of hydrogen-bond acceptors (Lipinski definition) is 0. The summed E-state index contributed by atoms with van der Waals surface area (Å²) >= 11 is 12.4. The number of aromatic amines is 2. The SMILES string of the molecule is CCC(c1c[nH]c2ccc(Cl)cc12)c1c[nH]c2ccc(Cl)cc12. The van der Waals surface area contributed by atoms with Crippen LogP contribution in [0.25, 0.3) is 21.8 Å². The van der Waals surface area contributed by atoms with E-state index in [1.807, 2.05) is 36.4 Å². The third kappa shape index (κ3) is 2.43. The molecule has 2 nitrogen and oxygen atoms in total. The summed E-state index contributed by atoms with van der Waals surface area (Å²) in [5.41, 5.74) is 4.76. The Kier molecular flexibility index (Phi) is 3.59. The van der Waals surface area contributed by atoms with Crippen LogP contribution < -0.4 is 0 Å². The van der Waals surface area contributed by atoms with Crippen molar-refractivity contribution in [3.8, 4) is 0 Å². The lowest BCUT2D eigenvalue weighted by molar-refractivity contribution is 0.789. The smallest absolute Gasteiger partial charge is 0.0458 e. The van der Waals surface area contributed by atoms with Gasteiger partial charge in [0.25, 0.3) is 0 Å². The van der Waals surface area contributed by atoms with Crippen molar-refractivity contribution in [1.29, 1.82) is 0 Å². The molecular formula is C19H16Cl2N2. The van der Waals surface area contributed by atoms with E-state index in [2.05, 4.69) is 29.3 Å². The number of nitrogens with one attached hydrogen (secondary N) is 2. The topological polar surface area (TPSA) is 31.6 Å². The highest BCUT2D eigenvalue weighted by atomic mass is 35.5. The molecule has 0 radical (unpaired) electrons. The summed E-state index contributed by atoms with van der Waals surface area (Å²) in [5, 5.41) is 3.88. The largest absolute Gasteiger partial charge is 0.361 e. The fraction of sp³-hybridized carbons (Fsp3) is 0.158. The van der Waals surface area contributed by atoms with Crippen molar-refractivity contribution in [3.05, 3.63) is 70.0 Å². The van der Waals surface area contributed by atoms with Crippen LogP contribution in [-0.2, 0) is 0 Å². The van der Waals surface area contributed by atoms with Gasteiger partial charge < -0.3 is 9.97 Å². The summed E-state index contributed by atoms with van der Waals surface area (Å²) in [6, 6.07) is 12.0. The molecule has 0 amide bonds. The van der Waals surface area contributed by atoms with Gasteiger partial charge in [-0.3, -0.25) is 0 Å². The van der Waals surface area contributed by atoms with Gasteiger partial charge in [0.15, 0.2) is 0 Å². The van der Waals surface area contributed by atoms with Gasteiger partial charge in [-0.2, -0.15) is 0 Å². The van der Waals surface area contributed by atoms with Gasteiger partial charge in [0.05, 0.1) is 0 Å². The summed E-state index contributed by atoms with van der Waals surface area (Å²) in [7, 11) is 0. The first-order valence-electron chi connectivity index (χ1n) is 7.70. The Morgan fingerprint density at radius 1 is 0.826 bits per heavy atom. The molecule has 2 aromatic carbocycles. The summed E-state index contributed by atoms with van der Waals surface area (Å²) in [6.45, 7) is 2.21. The first kappa shape index (κ1) is 14.7. The Hall–Kier alpha value is -1.90. The van der Waals surface area contributed by atoms with Gasteiger partial charge in [0.1, 0.15) is 0 Å². The number of rotatable bonds is 3. The summed E-state index contributed by atoms with van der Waals surface area (Å²) in [6.07, 6.45) is 5.19. The zero-order valence-electron chi connectivity index (χ0n) is 12.7. The Labute approximate surface area is 144 Å². The Balaban J connectivity index is 1.92. The first-order chi connectivity index (χ1) is 11.2. The van der Waals surface area contributed by atoms with Gasteiger partial charge in [-0.15, -0.1) is 0 Å². The minimum atomic E-state index is 0.287. The molecular weight excluding hydrogens is 327 g/mol. The molecule has 4 heteroatoms. The van der Waals surface area contributed by atoms with Crippen molar-refractivity contribution >= 4 is 45.0 Å². The fourth-order valence-electron chi connectivity index (χ4n) is 3.41. The van der Waals surface area contributed by atoms with Crippen LogP contribution in [0.4, 0.5) is 0 Å². The number of benzene rings is 2. The van der Waals surface area contributed by atoms with E-state index in [0.717, 1.165) is 27.5 Å². The molecule has 0 spiro atoms. The second-order valence-corrected chi connectivity index (χ2v) is 6.70. The highest BCUT2D eigenvalue weighted by Gasteiger charge is 2.20. The second-order valence-electron chi connectivity index (χ2n) is 5.83. The number of H-pyrrole nitrogens is 2. The average molecular weight is 343 g/mol. The molecule has 2 aromatic heterocycles. The molecule has 0 atom stereocenters. The zero-order chi connectivity index (χ0) is 16.0. The van der Waals surface area contributed by atoms with Gasteiger partial charge in [-0.05, 0) is 53.9 Å². The van der Waals surface area contributed by atoms with E-state index in [4.69, 9.17) is 23.2 Å². The Morgan fingerprint density at radius 2 is 1.30 bits per heavy atom. The van der Waals surface area contributed by atoms with Crippen LogP contribution in [-0.4, -0.2) is 9.97 Å². The molecule has 23 heavy (non-hydrogen) atoms. The maximum Gasteiger partial charge on any atom is 0.0458 e. The van der Waals surface area contributed by atoms with Crippen LogP contribution in [0.2, 0.25) is 10.0 Å². The monoisotopic (exact) mass is 342 g/mol. The lowest BCUT2D eigenvalue weighted by atomic mass is 9.88. The van der Waals surface area contributed by atoms with Gasteiger partial charge in [-0.25, -0.2) is 0 Å². The number of hydrogen-bond donors (Lipinski definition) is 2. The summed E-state index contributed by atoms with van der Waals surface area (Å²) in [5.74, 6) is 0.287. The molecule has 0 saturated carbocycles. The number of aromatic nitrogens is 2. The van der Waals surface area contributed by atoms with E-state index in [0.29, 0.717) is 0 Å². The lowest BCUT2D eigenvalue weighted by Gasteiger charge is -2.14. The number of halogens is 2. The molecule has 2 heterocycles. The molecule has 0 fully saturated rings. The van der Waals surface area contributed by atoms with Gasteiger partial charge in [-0.1, -0.05) is 30.1 Å². The van der Waals surface area contributed by atoms with Gasteiger partial charge >= 0.3 is 0 Å². The van der Waals surface area contributed by atoms with E-state index in [1.165, 1.54) is 21.9 Å². The van der Waals surface area contributed by atoms with Crippen molar-refractivity contribution in [2.75, 3.05) is 0 Å². The maximum atomic E-state index is 6.20. The van der Waals surface area contributed by atoms with E-state index < -0.39 is 0 Å². The van der Waals surface area contributed by atoms with Crippen LogP contribution in [0.1, 0.15) is 30.4 Å². The molecule has 4 rings (SSSR count). The fourth-order valence-corrected chi connectivity index (χ4v) is 3.76. The van der Waals surface area contributed by atoms with Crippen molar-refractivity contribution in [1.82, 2.24) is 9.97 Å². The molecule has 2 N–H and O–H groups in total. The normalized spacial score (nSPS) is 11.8. The Bertz CT molecular complexity index is 917. The van der Waals surface area contributed by atoms with E-state index in [1.54, 1.807) is 0 Å². The van der Waals surface area contributed by atoms with Gasteiger partial charge in [0, 0.05) is 50.2 Å². The quantitative estimate of drug-likeness (QED) is 0.426. The standard InChI is InChI=1S/C19H16Cl2N2/c1-2-13(16-9-22-18-5-3-11(20)7-14(16)18)17-10-23-19-6-4-12(21)8-15(17)19/h3-10,13,22-23H,2H2,1H3. The summed E-state index contributed by atoms with van der Waals surface area (Å²) < 4.78 is 0. The molecule has 4 aromatic rings. The Morgan fingerprint density at radius 3 is 1.74 bits per heavy atom. The molecule has 116 valence electrons. The average Bonchev–Trinajstić information content (AvgIpc) is 3.13. The second kappa shape index (κ2) is 5.63. The van der Waals surface area contributed by atoms with Crippen LogP contribution in [0.3, 0.4) is 0 Å². The lowest BCUT2D eigenvalue weighted by Crippen LogP contribution is -1.98. The van der Waals surface area contributed by atoms with E-state index in [9.17, 15) is 0 Å². The van der Waals surface area contributed by atoms with Crippen LogP contribution >= 0.6 is 23.2 Å². The minimum absolute atomic E-state index is 0.287. The van der Waals surface area contributed by atoms with Crippen LogP contribution in [0, 0.1) is 0 Å². The molecule has 0 unspecified atom stereocenters. The molecule has 0 aliphatic heterocycles. The highest BCUT2D eigenvalue weighted by Crippen LogP contribution is 2.38. The highest BCUT2D eigenvalue weighted by molar-refractivity contribution is 6.31. The van der Waals surface area contributed by atoms with Crippen molar-refractivity contribution in [2.45, 2.75) is 19.3 Å². The molecule has 0 saturated heterocycles. The van der Waals surface area contributed by atoms with Crippen molar-refractivity contribution in [2.24, 2.45) is 0 Å². The van der Waals surface area contributed by atoms with Crippen molar-refractivity contribution in [3.63, 3.8) is 0 Å². The predicted octanol–water partition coefficient (Wildman–Crippen LogP) is 6.50. The third-order valence-electron chi connectivity index (χ3n) is 4.51. The molecule has 0 aliphatic carbocycles. The summed E-state index contributed by atoms with van der Waals surface area (Å²) in [4.78, 5) is 6.71. The van der Waals surface area contributed by atoms with Gasteiger partial charge in [0.2, 0.25) is 0 Å². The number of fused-ring (bicyclic) bond motifs is 2.